The fourth-order valence-corrected chi connectivity index (χ4v) is 5.72. The van der Waals surface area contributed by atoms with Gasteiger partial charge in [0, 0.05) is 46.5 Å². The fourth-order valence-electron chi connectivity index (χ4n) is 5.72. The van der Waals surface area contributed by atoms with Crippen LogP contribution >= 0.6 is 0 Å². The van der Waals surface area contributed by atoms with Crippen molar-refractivity contribution in [3.05, 3.63) is 149 Å². The van der Waals surface area contributed by atoms with Gasteiger partial charge in [0.2, 0.25) is 0 Å². The van der Waals surface area contributed by atoms with Crippen molar-refractivity contribution in [2.24, 2.45) is 0 Å². The lowest BCUT2D eigenvalue weighted by atomic mass is 9.58. The van der Waals surface area contributed by atoms with Crippen molar-refractivity contribution in [1.82, 2.24) is 9.97 Å². The second-order valence-corrected chi connectivity index (χ2v) is 8.61. The Morgan fingerprint density at radius 3 is 2.21 bits per heavy atom. The van der Waals surface area contributed by atoms with Gasteiger partial charge in [-0.15, -0.1) is 0 Å². The van der Waals surface area contributed by atoms with E-state index in [-0.39, 0.29) is 5.78 Å². The van der Waals surface area contributed by atoms with Gasteiger partial charge in [0.25, 0.3) is 0 Å². The Balaban J connectivity index is 1.69. The van der Waals surface area contributed by atoms with E-state index in [2.05, 4.69) is 58.4 Å². The fraction of sp³-hybridized carbons (Fsp3) is 0.0333. The van der Waals surface area contributed by atoms with Gasteiger partial charge in [-0.05, 0) is 41.5 Å². The summed E-state index contributed by atoms with van der Waals surface area (Å²) in [5, 5.41) is 0. The minimum atomic E-state index is -0.709. The number of anilines is 3. The van der Waals surface area contributed by atoms with Crippen molar-refractivity contribution >= 4 is 23.0 Å². The van der Waals surface area contributed by atoms with E-state index in [1.54, 1.807) is 6.20 Å². The molecule has 3 aromatic carbocycles. The zero-order valence-corrected chi connectivity index (χ0v) is 18.2. The monoisotopic (exact) mass is 437 g/mol. The summed E-state index contributed by atoms with van der Waals surface area (Å²) >= 11 is 0. The molecule has 0 N–H and O–H groups in total. The first-order valence-corrected chi connectivity index (χ1v) is 11.3. The van der Waals surface area contributed by atoms with Crippen LogP contribution in [0.1, 0.15) is 38.2 Å². The molecule has 4 heteroatoms. The number of benzene rings is 3. The molecule has 7 rings (SSSR count). The lowest BCUT2D eigenvalue weighted by Crippen LogP contribution is -2.42. The summed E-state index contributed by atoms with van der Waals surface area (Å²) in [6, 6.07) is 32.7. The molecule has 0 fully saturated rings. The molecule has 2 aliphatic rings. The highest BCUT2D eigenvalue weighted by Gasteiger charge is 2.52. The summed E-state index contributed by atoms with van der Waals surface area (Å²) in [4.78, 5) is 25.2. The van der Waals surface area contributed by atoms with Crippen LogP contribution in [-0.4, -0.2) is 15.8 Å². The van der Waals surface area contributed by atoms with Crippen LogP contribution in [0.25, 0.3) is 0 Å². The van der Waals surface area contributed by atoms with Crippen LogP contribution < -0.4 is 4.90 Å². The molecule has 0 bridgehead atoms. The van der Waals surface area contributed by atoms with Crippen LogP contribution in [0.2, 0.25) is 0 Å². The molecule has 0 saturated heterocycles. The van der Waals surface area contributed by atoms with Gasteiger partial charge >= 0.3 is 0 Å². The maximum atomic E-state index is 13.6. The molecular formula is C30H19N3O. The molecule has 1 aliphatic heterocycles. The molecule has 1 spiro atoms. The lowest BCUT2D eigenvalue weighted by Gasteiger charge is -2.47. The molecule has 4 nitrogen and oxygen atoms in total. The van der Waals surface area contributed by atoms with Gasteiger partial charge in [0.15, 0.2) is 5.78 Å². The predicted octanol–water partition coefficient (Wildman–Crippen LogP) is 6.19. The predicted molar refractivity (Wildman–Crippen MR) is 132 cm³/mol. The second kappa shape index (κ2) is 6.96. The lowest BCUT2D eigenvalue weighted by molar-refractivity contribution is 0.103. The second-order valence-electron chi connectivity index (χ2n) is 8.61. The number of ketones is 1. The zero-order chi connectivity index (χ0) is 22.7. The Morgan fingerprint density at radius 1 is 0.618 bits per heavy atom. The van der Waals surface area contributed by atoms with Gasteiger partial charge in [0.05, 0.1) is 11.1 Å². The summed E-state index contributed by atoms with van der Waals surface area (Å²) in [5.41, 5.74) is 6.78. The summed E-state index contributed by atoms with van der Waals surface area (Å²) in [5.74, 6) is 0.887. The Labute approximate surface area is 197 Å². The van der Waals surface area contributed by atoms with E-state index in [9.17, 15) is 4.79 Å². The van der Waals surface area contributed by atoms with E-state index in [1.165, 1.54) is 0 Å². The number of aromatic nitrogens is 2. The number of para-hydroxylation sites is 2. The molecular weight excluding hydrogens is 418 g/mol. The molecule has 1 atom stereocenters. The molecule has 0 amide bonds. The average molecular weight is 438 g/mol. The van der Waals surface area contributed by atoms with Crippen molar-refractivity contribution in [2.45, 2.75) is 5.41 Å². The molecule has 1 aliphatic carbocycles. The third-order valence-electron chi connectivity index (χ3n) is 7.01. The van der Waals surface area contributed by atoms with Crippen molar-refractivity contribution in [3.63, 3.8) is 0 Å². The molecule has 160 valence electrons. The highest BCUT2D eigenvalue weighted by Crippen LogP contribution is 2.59. The van der Waals surface area contributed by atoms with Crippen LogP contribution in [0, 0.1) is 0 Å². The minimum absolute atomic E-state index is 0.0343. The SMILES string of the molecule is O=C1c2ccccc2C2(c3cnccc31)c1ccccc1N(c1ccccc1)c1ncccc12. The van der Waals surface area contributed by atoms with Crippen LogP contribution in [-0.2, 0) is 5.41 Å². The first-order chi connectivity index (χ1) is 16.8. The van der Waals surface area contributed by atoms with Gasteiger partial charge in [0.1, 0.15) is 5.82 Å². The maximum Gasteiger partial charge on any atom is 0.193 e. The summed E-state index contributed by atoms with van der Waals surface area (Å²) in [6.07, 6.45) is 5.39. The van der Waals surface area contributed by atoms with Gasteiger partial charge in [-0.3, -0.25) is 14.7 Å². The van der Waals surface area contributed by atoms with E-state index in [1.807, 2.05) is 60.9 Å². The Hall–Kier alpha value is -4.57. The third kappa shape index (κ3) is 2.29. The topological polar surface area (TPSA) is 46.1 Å². The number of carbonyl (C=O) groups excluding carboxylic acids is 1. The quantitative estimate of drug-likeness (QED) is 0.307. The number of nitrogens with zero attached hydrogens (tertiary/aromatic N) is 3. The van der Waals surface area contributed by atoms with Crippen molar-refractivity contribution in [2.75, 3.05) is 4.90 Å². The Morgan fingerprint density at radius 2 is 1.32 bits per heavy atom. The Kier molecular flexibility index (Phi) is 3.88. The number of rotatable bonds is 1. The zero-order valence-electron chi connectivity index (χ0n) is 18.2. The first kappa shape index (κ1) is 18.9. The normalized spacial score (nSPS) is 17.5. The molecule has 1 unspecified atom stereocenters. The van der Waals surface area contributed by atoms with Gasteiger partial charge in [-0.1, -0.05) is 66.7 Å². The van der Waals surface area contributed by atoms with E-state index in [0.29, 0.717) is 5.56 Å². The maximum absolute atomic E-state index is 13.6. The molecule has 0 saturated carbocycles. The molecule has 2 aromatic heterocycles. The van der Waals surface area contributed by atoms with E-state index in [4.69, 9.17) is 4.98 Å². The molecule has 0 radical (unpaired) electrons. The van der Waals surface area contributed by atoms with E-state index < -0.39 is 5.41 Å². The summed E-state index contributed by atoms with van der Waals surface area (Å²) in [7, 11) is 0. The number of pyridine rings is 2. The molecule has 34 heavy (non-hydrogen) atoms. The van der Waals surface area contributed by atoms with Crippen LogP contribution in [0.15, 0.2) is 116 Å². The van der Waals surface area contributed by atoms with Gasteiger partial charge in [-0.25, -0.2) is 4.98 Å². The van der Waals surface area contributed by atoms with E-state index >= 15 is 0 Å². The number of hydrogen-bond donors (Lipinski definition) is 0. The van der Waals surface area contributed by atoms with Crippen LogP contribution in [0.3, 0.4) is 0 Å². The third-order valence-corrected chi connectivity index (χ3v) is 7.01. The Bertz CT molecular complexity index is 1490. The average Bonchev–Trinajstić information content (AvgIpc) is 2.91. The number of fused-ring (bicyclic) bond motifs is 8. The summed E-state index contributed by atoms with van der Waals surface area (Å²) in [6.45, 7) is 0. The van der Waals surface area contributed by atoms with Gasteiger partial charge in [-0.2, -0.15) is 0 Å². The van der Waals surface area contributed by atoms with Gasteiger partial charge < -0.3 is 0 Å². The van der Waals surface area contributed by atoms with Crippen LogP contribution in [0.4, 0.5) is 17.2 Å². The van der Waals surface area contributed by atoms with Crippen molar-refractivity contribution < 1.29 is 4.79 Å². The standard InChI is InChI=1S/C30H19N3O/c34-28-21-11-4-5-12-23(21)30(26-19-31-18-16-22(26)28)24-13-6-7-15-27(24)33(20-9-2-1-3-10-20)29-25(30)14-8-17-32-29/h1-19H. The van der Waals surface area contributed by atoms with Crippen LogP contribution in [0.5, 0.6) is 0 Å². The summed E-state index contributed by atoms with van der Waals surface area (Å²) < 4.78 is 0. The molecule has 3 heterocycles. The largest absolute Gasteiger partial charge is 0.294 e. The molecule has 5 aromatic rings. The number of hydrogen-bond acceptors (Lipinski definition) is 4. The first-order valence-electron chi connectivity index (χ1n) is 11.3. The highest BCUT2D eigenvalue weighted by atomic mass is 16.1. The smallest absolute Gasteiger partial charge is 0.193 e. The van der Waals surface area contributed by atoms with Crippen molar-refractivity contribution in [3.8, 4) is 0 Å². The van der Waals surface area contributed by atoms with E-state index in [0.717, 1.165) is 45.0 Å². The minimum Gasteiger partial charge on any atom is -0.294 e. The van der Waals surface area contributed by atoms with Crippen molar-refractivity contribution in [1.29, 1.82) is 0 Å². The highest BCUT2D eigenvalue weighted by molar-refractivity contribution is 6.14. The number of carbonyl (C=O) groups is 1.